The van der Waals surface area contributed by atoms with Crippen LogP contribution in [0.3, 0.4) is 0 Å². The molecule has 1 atom stereocenters. The third kappa shape index (κ3) is 3.65. The van der Waals surface area contributed by atoms with E-state index < -0.39 is 6.10 Å². The SMILES string of the molecule is O[C@H](CSc1nnc(-c2ccc3c(c2)OCO3)n1-c1ccccc1)c1ccccc1. The van der Waals surface area contributed by atoms with Crippen molar-refractivity contribution in [2.75, 3.05) is 12.5 Å². The van der Waals surface area contributed by atoms with Crippen molar-refractivity contribution in [1.82, 2.24) is 14.8 Å². The Balaban J connectivity index is 1.49. The third-order valence-electron chi connectivity index (χ3n) is 4.83. The molecule has 4 aromatic rings. The predicted octanol–water partition coefficient (Wildman–Crippen LogP) is 4.49. The number of hydrogen-bond donors (Lipinski definition) is 1. The summed E-state index contributed by atoms with van der Waals surface area (Å²) in [4.78, 5) is 0. The molecule has 30 heavy (non-hydrogen) atoms. The van der Waals surface area contributed by atoms with Gasteiger partial charge in [-0.2, -0.15) is 0 Å². The number of hydrogen-bond acceptors (Lipinski definition) is 6. The maximum absolute atomic E-state index is 10.6. The van der Waals surface area contributed by atoms with Crippen molar-refractivity contribution in [2.24, 2.45) is 0 Å². The van der Waals surface area contributed by atoms with Crippen molar-refractivity contribution >= 4 is 11.8 Å². The van der Waals surface area contributed by atoms with Gasteiger partial charge < -0.3 is 14.6 Å². The molecule has 0 amide bonds. The van der Waals surface area contributed by atoms with Crippen LogP contribution in [-0.2, 0) is 0 Å². The second-order valence-corrected chi connectivity index (χ2v) is 7.77. The number of benzene rings is 3. The molecule has 0 radical (unpaired) electrons. The van der Waals surface area contributed by atoms with Crippen molar-refractivity contribution in [2.45, 2.75) is 11.3 Å². The van der Waals surface area contributed by atoms with Gasteiger partial charge in [-0.15, -0.1) is 10.2 Å². The van der Waals surface area contributed by atoms with E-state index in [-0.39, 0.29) is 6.79 Å². The van der Waals surface area contributed by atoms with Crippen LogP contribution in [0.2, 0.25) is 0 Å². The van der Waals surface area contributed by atoms with E-state index in [9.17, 15) is 5.11 Å². The lowest BCUT2D eigenvalue weighted by Crippen LogP contribution is -2.03. The van der Waals surface area contributed by atoms with Gasteiger partial charge in [-0.3, -0.25) is 4.57 Å². The van der Waals surface area contributed by atoms with Gasteiger partial charge in [0.1, 0.15) is 0 Å². The summed E-state index contributed by atoms with van der Waals surface area (Å²) in [5.41, 5.74) is 2.71. The number of aliphatic hydroxyl groups excluding tert-OH is 1. The highest BCUT2D eigenvalue weighted by atomic mass is 32.2. The first-order valence-corrected chi connectivity index (χ1v) is 10.5. The summed E-state index contributed by atoms with van der Waals surface area (Å²) in [6, 6.07) is 25.3. The lowest BCUT2D eigenvalue weighted by Gasteiger charge is -2.13. The second-order valence-electron chi connectivity index (χ2n) is 6.78. The van der Waals surface area contributed by atoms with E-state index in [1.807, 2.05) is 83.4 Å². The molecule has 7 heteroatoms. The maximum Gasteiger partial charge on any atom is 0.231 e. The standard InChI is InChI=1S/C23H19N3O3S/c27-19(16-7-3-1-4-8-16)14-30-23-25-24-22(26(23)18-9-5-2-6-10-18)17-11-12-20-21(13-17)29-15-28-20/h1-13,19,27H,14-15H2/t19-/m1/s1. The molecule has 0 spiro atoms. The average molecular weight is 417 g/mol. The van der Waals surface area contributed by atoms with Gasteiger partial charge in [0, 0.05) is 17.0 Å². The van der Waals surface area contributed by atoms with Crippen LogP contribution in [0.5, 0.6) is 11.5 Å². The zero-order chi connectivity index (χ0) is 20.3. The number of aliphatic hydroxyl groups is 1. The molecule has 6 nitrogen and oxygen atoms in total. The molecule has 0 saturated carbocycles. The summed E-state index contributed by atoms with van der Waals surface area (Å²) >= 11 is 1.47. The quantitative estimate of drug-likeness (QED) is 0.466. The van der Waals surface area contributed by atoms with E-state index in [1.54, 1.807) is 0 Å². The Bertz CT molecular complexity index is 1150. The smallest absolute Gasteiger partial charge is 0.231 e. The molecule has 0 saturated heterocycles. The Kier molecular flexibility index (Phi) is 5.13. The van der Waals surface area contributed by atoms with E-state index in [2.05, 4.69) is 10.2 Å². The molecular formula is C23H19N3O3S. The van der Waals surface area contributed by atoms with Crippen molar-refractivity contribution < 1.29 is 14.6 Å². The normalized spacial score (nSPS) is 13.4. The topological polar surface area (TPSA) is 69.4 Å². The molecule has 1 aliphatic rings. The Morgan fingerprint density at radius 1 is 0.900 bits per heavy atom. The van der Waals surface area contributed by atoms with E-state index >= 15 is 0 Å². The van der Waals surface area contributed by atoms with Crippen LogP contribution in [0.15, 0.2) is 84.0 Å². The molecule has 0 aliphatic carbocycles. The van der Waals surface area contributed by atoms with Crippen LogP contribution in [0, 0.1) is 0 Å². The van der Waals surface area contributed by atoms with E-state index in [0.29, 0.717) is 22.5 Å². The number of fused-ring (bicyclic) bond motifs is 1. The van der Waals surface area contributed by atoms with Crippen LogP contribution < -0.4 is 9.47 Å². The van der Waals surface area contributed by atoms with Gasteiger partial charge in [0.25, 0.3) is 0 Å². The summed E-state index contributed by atoms with van der Waals surface area (Å²) in [7, 11) is 0. The number of para-hydroxylation sites is 1. The lowest BCUT2D eigenvalue weighted by atomic mass is 10.1. The Morgan fingerprint density at radius 2 is 1.63 bits per heavy atom. The summed E-state index contributed by atoms with van der Waals surface area (Å²) in [5.74, 6) is 2.60. The monoisotopic (exact) mass is 417 g/mol. The fourth-order valence-electron chi connectivity index (χ4n) is 3.32. The van der Waals surface area contributed by atoms with Gasteiger partial charge in [-0.05, 0) is 35.9 Å². The fraction of sp³-hybridized carbons (Fsp3) is 0.130. The largest absolute Gasteiger partial charge is 0.454 e. The van der Waals surface area contributed by atoms with Gasteiger partial charge >= 0.3 is 0 Å². The highest BCUT2D eigenvalue weighted by Crippen LogP contribution is 2.37. The molecule has 0 bridgehead atoms. The van der Waals surface area contributed by atoms with Gasteiger partial charge in [0.05, 0.1) is 6.10 Å². The fourth-order valence-corrected chi connectivity index (χ4v) is 4.24. The zero-order valence-electron chi connectivity index (χ0n) is 16.0. The molecule has 1 aliphatic heterocycles. The molecule has 2 heterocycles. The van der Waals surface area contributed by atoms with Crippen molar-refractivity contribution in [1.29, 1.82) is 0 Å². The van der Waals surface area contributed by atoms with Crippen molar-refractivity contribution in [3.63, 3.8) is 0 Å². The first-order chi connectivity index (χ1) is 14.8. The molecule has 1 N–H and O–H groups in total. The highest BCUT2D eigenvalue weighted by molar-refractivity contribution is 7.99. The van der Waals surface area contributed by atoms with Gasteiger partial charge in [0.2, 0.25) is 6.79 Å². The number of rotatable bonds is 6. The highest BCUT2D eigenvalue weighted by Gasteiger charge is 2.20. The van der Waals surface area contributed by atoms with Crippen molar-refractivity contribution in [3.8, 4) is 28.6 Å². The number of thioether (sulfide) groups is 1. The average Bonchev–Trinajstić information content (AvgIpc) is 3.45. The van der Waals surface area contributed by atoms with Gasteiger partial charge in [0.15, 0.2) is 22.5 Å². The summed E-state index contributed by atoms with van der Waals surface area (Å²) < 4.78 is 12.9. The van der Waals surface area contributed by atoms with Crippen molar-refractivity contribution in [3.05, 3.63) is 84.4 Å². The summed E-state index contributed by atoms with van der Waals surface area (Å²) in [6.45, 7) is 0.225. The van der Waals surface area contributed by atoms with Gasteiger partial charge in [-0.1, -0.05) is 60.3 Å². The molecule has 150 valence electrons. The van der Waals surface area contributed by atoms with E-state index in [0.717, 1.165) is 22.6 Å². The molecule has 1 aromatic heterocycles. The first kappa shape index (κ1) is 18.7. The van der Waals surface area contributed by atoms with Crippen LogP contribution in [-0.4, -0.2) is 32.4 Å². The first-order valence-electron chi connectivity index (χ1n) is 9.56. The third-order valence-corrected chi connectivity index (χ3v) is 5.84. The number of ether oxygens (including phenoxy) is 2. The predicted molar refractivity (Wildman–Crippen MR) is 115 cm³/mol. The van der Waals surface area contributed by atoms with Crippen LogP contribution in [0.4, 0.5) is 0 Å². The summed E-state index contributed by atoms with van der Waals surface area (Å²) in [5, 5.41) is 20.2. The Labute approximate surface area is 178 Å². The van der Waals surface area contributed by atoms with E-state index in [1.165, 1.54) is 11.8 Å². The van der Waals surface area contributed by atoms with Gasteiger partial charge in [-0.25, -0.2) is 0 Å². The lowest BCUT2D eigenvalue weighted by molar-refractivity contribution is 0.174. The van der Waals surface area contributed by atoms with Crippen LogP contribution >= 0.6 is 11.8 Å². The second kappa shape index (κ2) is 8.22. The molecule has 0 fully saturated rings. The molecule has 3 aromatic carbocycles. The number of aromatic nitrogens is 3. The minimum Gasteiger partial charge on any atom is -0.454 e. The van der Waals surface area contributed by atoms with Crippen LogP contribution in [0.1, 0.15) is 11.7 Å². The minimum atomic E-state index is -0.592. The molecule has 5 rings (SSSR count). The maximum atomic E-state index is 10.6. The summed E-state index contributed by atoms with van der Waals surface area (Å²) in [6.07, 6.45) is -0.592. The number of nitrogens with zero attached hydrogens (tertiary/aromatic N) is 3. The van der Waals surface area contributed by atoms with Crippen LogP contribution in [0.25, 0.3) is 17.1 Å². The Morgan fingerprint density at radius 3 is 2.43 bits per heavy atom. The zero-order valence-corrected chi connectivity index (χ0v) is 16.8. The molecular weight excluding hydrogens is 398 g/mol. The minimum absolute atomic E-state index is 0.225. The Hall–Kier alpha value is -3.29. The molecule has 0 unspecified atom stereocenters. The van der Waals surface area contributed by atoms with E-state index in [4.69, 9.17) is 9.47 Å².